The number of hydrogen-bond acceptors (Lipinski definition) is 4. The third kappa shape index (κ3) is 5.01. The van der Waals surface area contributed by atoms with Crippen LogP contribution in [0.15, 0.2) is 54.2 Å². The van der Waals surface area contributed by atoms with Gasteiger partial charge in [0, 0.05) is 23.5 Å². The van der Waals surface area contributed by atoms with E-state index in [1.807, 2.05) is 30.3 Å². The van der Waals surface area contributed by atoms with E-state index in [9.17, 15) is 10.1 Å². The molecule has 1 amide bonds. The Balaban J connectivity index is 1.96. The minimum Gasteiger partial charge on any atom is -0.496 e. The first-order valence-corrected chi connectivity index (χ1v) is 8.46. The first-order chi connectivity index (χ1) is 12.6. The minimum atomic E-state index is -0.484. The molecule has 0 unspecified atom stereocenters. The number of halogens is 1. The average Bonchev–Trinajstić information content (AvgIpc) is 2.65. The summed E-state index contributed by atoms with van der Waals surface area (Å²) >= 11 is 6.04. The summed E-state index contributed by atoms with van der Waals surface area (Å²) in [5, 5.41) is 15.5. The van der Waals surface area contributed by atoms with E-state index in [-0.39, 0.29) is 5.57 Å². The van der Waals surface area contributed by atoms with Gasteiger partial charge in [0.1, 0.15) is 17.4 Å². The monoisotopic (exact) mass is 369 g/mol. The van der Waals surface area contributed by atoms with Crippen molar-refractivity contribution in [3.05, 3.63) is 70.4 Å². The molecule has 2 N–H and O–H groups in total. The molecule has 0 aromatic heterocycles. The lowest BCUT2D eigenvalue weighted by Gasteiger charge is -2.10. The molecule has 134 valence electrons. The van der Waals surface area contributed by atoms with Crippen LogP contribution in [0.25, 0.3) is 0 Å². The Morgan fingerprint density at radius 1 is 1.27 bits per heavy atom. The average molecular weight is 370 g/mol. The number of nitrogens with one attached hydrogen (secondary N) is 2. The van der Waals surface area contributed by atoms with Gasteiger partial charge in [-0.1, -0.05) is 35.9 Å². The summed E-state index contributed by atoms with van der Waals surface area (Å²) in [4.78, 5) is 12.3. The number of rotatable bonds is 7. The van der Waals surface area contributed by atoms with Crippen molar-refractivity contribution in [1.29, 1.82) is 5.26 Å². The molecule has 2 rings (SSSR count). The Kier molecular flexibility index (Phi) is 7.07. The quantitative estimate of drug-likeness (QED) is 0.442. The topological polar surface area (TPSA) is 74.1 Å². The van der Waals surface area contributed by atoms with Crippen molar-refractivity contribution in [2.45, 2.75) is 13.3 Å². The van der Waals surface area contributed by atoms with Crippen LogP contribution in [-0.4, -0.2) is 19.6 Å². The van der Waals surface area contributed by atoms with Crippen LogP contribution in [0.3, 0.4) is 0 Å². The maximum absolute atomic E-state index is 12.3. The van der Waals surface area contributed by atoms with Gasteiger partial charge >= 0.3 is 0 Å². The van der Waals surface area contributed by atoms with E-state index in [2.05, 4.69) is 10.6 Å². The molecule has 0 aliphatic carbocycles. The molecule has 2 aromatic carbocycles. The number of ether oxygens (including phenoxy) is 1. The zero-order valence-electron chi connectivity index (χ0n) is 14.7. The van der Waals surface area contributed by atoms with Crippen molar-refractivity contribution in [3.63, 3.8) is 0 Å². The maximum Gasteiger partial charge on any atom is 0.267 e. The van der Waals surface area contributed by atoms with E-state index in [1.165, 1.54) is 6.20 Å². The number of anilines is 1. The van der Waals surface area contributed by atoms with Gasteiger partial charge in [0.2, 0.25) is 0 Å². The first kappa shape index (κ1) is 19.4. The second-order valence-corrected chi connectivity index (χ2v) is 5.96. The Bertz CT molecular complexity index is 856. The lowest BCUT2D eigenvalue weighted by molar-refractivity contribution is -0.112. The first-order valence-electron chi connectivity index (χ1n) is 8.08. The SMILES string of the molecule is COc1ccccc1CCN/C=C(/C#N)C(=O)Nc1cccc(Cl)c1C. The van der Waals surface area contributed by atoms with E-state index in [0.717, 1.165) is 16.9 Å². The summed E-state index contributed by atoms with van der Waals surface area (Å²) in [6.07, 6.45) is 2.12. The number of hydrogen-bond donors (Lipinski definition) is 2. The fourth-order valence-corrected chi connectivity index (χ4v) is 2.55. The number of nitriles is 1. The molecule has 0 saturated heterocycles. The van der Waals surface area contributed by atoms with Gasteiger partial charge in [-0.15, -0.1) is 0 Å². The highest BCUT2D eigenvalue weighted by Gasteiger charge is 2.11. The summed E-state index contributed by atoms with van der Waals surface area (Å²) in [6.45, 7) is 2.37. The van der Waals surface area contributed by atoms with Gasteiger partial charge in [-0.2, -0.15) is 5.26 Å². The standard InChI is InChI=1S/C20H20ClN3O2/c1-14-17(21)7-5-8-18(14)24-20(25)16(12-22)13-23-11-10-15-6-3-4-9-19(15)26-2/h3-9,13,23H,10-11H2,1-2H3,(H,24,25)/b16-13-. The van der Waals surface area contributed by atoms with E-state index < -0.39 is 5.91 Å². The Morgan fingerprint density at radius 2 is 2.04 bits per heavy atom. The molecule has 0 aliphatic heterocycles. The fourth-order valence-electron chi connectivity index (χ4n) is 2.37. The van der Waals surface area contributed by atoms with E-state index >= 15 is 0 Å². The number of carbonyl (C=O) groups is 1. The van der Waals surface area contributed by atoms with Crippen molar-refractivity contribution >= 4 is 23.2 Å². The third-order valence-electron chi connectivity index (χ3n) is 3.86. The van der Waals surface area contributed by atoms with Gasteiger partial charge < -0.3 is 15.4 Å². The third-order valence-corrected chi connectivity index (χ3v) is 4.27. The minimum absolute atomic E-state index is 0.00981. The summed E-state index contributed by atoms with van der Waals surface area (Å²) in [7, 11) is 1.63. The molecule has 0 saturated carbocycles. The number of benzene rings is 2. The van der Waals surface area contributed by atoms with Gasteiger partial charge in [-0.25, -0.2) is 0 Å². The zero-order valence-corrected chi connectivity index (χ0v) is 15.4. The number of methoxy groups -OCH3 is 1. The summed E-state index contributed by atoms with van der Waals surface area (Å²) in [6, 6.07) is 14.9. The van der Waals surface area contributed by atoms with Crippen molar-refractivity contribution in [1.82, 2.24) is 5.32 Å². The molecular formula is C20H20ClN3O2. The smallest absolute Gasteiger partial charge is 0.267 e. The van der Waals surface area contributed by atoms with Crippen molar-refractivity contribution in [2.24, 2.45) is 0 Å². The number of nitrogens with zero attached hydrogens (tertiary/aromatic N) is 1. The van der Waals surface area contributed by atoms with Crippen LogP contribution in [-0.2, 0) is 11.2 Å². The second kappa shape index (κ2) is 9.50. The molecule has 0 bridgehead atoms. The van der Waals surface area contributed by atoms with Gasteiger partial charge in [0.15, 0.2) is 0 Å². The highest BCUT2D eigenvalue weighted by molar-refractivity contribution is 6.31. The van der Waals surface area contributed by atoms with Crippen LogP contribution < -0.4 is 15.4 Å². The Hall–Kier alpha value is -2.97. The van der Waals surface area contributed by atoms with Crippen LogP contribution in [0.1, 0.15) is 11.1 Å². The summed E-state index contributed by atoms with van der Waals surface area (Å²) in [5.74, 6) is 0.329. The van der Waals surface area contributed by atoms with E-state index in [1.54, 1.807) is 32.2 Å². The predicted octanol–water partition coefficient (Wildman–Crippen LogP) is 3.84. The molecule has 0 spiro atoms. The maximum atomic E-state index is 12.3. The van der Waals surface area contributed by atoms with Crippen molar-refractivity contribution < 1.29 is 9.53 Å². The molecule has 0 heterocycles. The lowest BCUT2D eigenvalue weighted by Crippen LogP contribution is -2.18. The lowest BCUT2D eigenvalue weighted by atomic mass is 10.1. The molecule has 5 nitrogen and oxygen atoms in total. The fraction of sp³-hybridized carbons (Fsp3) is 0.200. The number of amides is 1. The molecule has 26 heavy (non-hydrogen) atoms. The van der Waals surface area contributed by atoms with Gasteiger partial charge in [-0.05, 0) is 42.7 Å². The van der Waals surface area contributed by atoms with E-state index in [4.69, 9.17) is 16.3 Å². The summed E-state index contributed by atoms with van der Waals surface area (Å²) < 4.78 is 5.30. The predicted molar refractivity (Wildman–Crippen MR) is 103 cm³/mol. The normalized spacial score (nSPS) is 10.8. The summed E-state index contributed by atoms with van der Waals surface area (Å²) in [5.41, 5.74) is 2.37. The largest absolute Gasteiger partial charge is 0.496 e. The molecule has 6 heteroatoms. The number of carbonyl (C=O) groups excluding carboxylic acids is 1. The van der Waals surface area contributed by atoms with Gasteiger partial charge in [0.25, 0.3) is 5.91 Å². The van der Waals surface area contributed by atoms with Crippen LogP contribution in [0.4, 0.5) is 5.69 Å². The Morgan fingerprint density at radius 3 is 2.77 bits per heavy atom. The van der Waals surface area contributed by atoms with Crippen molar-refractivity contribution in [3.8, 4) is 11.8 Å². The van der Waals surface area contributed by atoms with Crippen molar-refractivity contribution in [2.75, 3.05) is 19.0 Å². The molecule has 0 aliphatic rings. The number of para-hydroxylation sites is 1. The highest BCUT2D eigenvalue weighted by Crippen LogP contribution is 2.23. The van der Waals surface area contributed by atoms with Crippen LogP contribution >= 0.6 is 11.6 Å². The van der Waals surface area contributed by atoms with Gasteiger partial charge in [0.05, 0.1) is 7.11 Å². The van der Waals surface area contributed by atoms with Crippen LogP contribution in [0.5, 0.6) is 5.75 Å². The molecule has 0 atom stereocenters. The molecule has 0 radical (unpaired) electrons. The van der Waals surface area contributed by atoms with Crippen LogP contribution in [0, 0.1) is 18.3 Å². The Labute approximate surface area is 158 Å². The molecule has 2 aromatic rings. The van der Waals surface area contributed by atoms with Gasteiger partial charge in [-0.3, -0.25) is 4.79 Å². The highest BCUT2D eigenvalue weighted by atomic mass is 35.5. The molecular weight excluding hydrogens is 350 g/mol. The van der Waals surface area contributed by atoms with Crippen LogP contribution in [0.2, 0.25) is 5.02 Å². The zero-order chi connectivity index (χ0) is 18.9. The van der Waals surface area contributed by atoms with E-state index in [0.29, 0.717) is 23.7 Å². The molecule has 0 fully saturated rings. The second-order valence-electron chi connectivity index (χ2n) is 5.55.